The number of thiophene rings is 1. The fraction of sp³-hybridized carbons (Fsp3) is 0.421. The number of hydrogen-bond acceptors (Lipinski definition) is 4. The fourth-order valence-electron chi connectivity index (χ4n) is 2.91. The van der Waals surface area contributed by atoms with Crippen LogP contribution in [0.3, 0.4) is 0 Å². The molecule has 26 heavy (non-hydrogen) atoms. The number of benzene rings is 1. The van der Waals surface area contributed by atoms with Crippen LogP contribution in [0.25, 0.3) is 0 Å². The molecule has 2 aromatic rings. The molecule has 0 amide bonds. The van der Waals surface area contributed by atoms with Gasteiger partial charge in [-0.2, -0.15) is 0 Å². The predicted octanol–water partition coefficient (Wildman–Crippen LogP) is 4.32. The Balaban J connectivity index is 1.58. The van der Waals surface area contributed by atoms with E-state index in [2.05, 4.69) is 32.6 Å². The molecule has 0 atom stereocenters. The number of para-hydroxylation sites is 1. The second-order valence-electron chi connectivity index (χ2n) is 6.22. The van der Waals surface area contributed by atoms with Crippen molar-refractivity contribution in [2.45, 2.75) is 13.0 Å². The summed E-state index contributed by atoms with van der Waals surface area (Å²) in [6, 6.07) is 11.9. The monoisotopic (exact) mass is 409 g/mol. The molecule has 1 aliphatic rings. The summed E-state index contributed by atoms with van der Waals surface area (Å²) in [6.07, 6.45) is 1.07. The summed E-state index contributed by atoms with van der Waals surface area (Å²) in [4.78, 5) is 5.99. The number of morpholine rings is 1. The number of ether oxygens (including phenoxy) is 1. The Morgan fingerprint density at radius 2 is 2.04 bits per heavy atom. The quantitative estimate of drug-likeness (QED) is 0.687. The molecule has 0 unspecified atom stereocenters. The number of anilines is 1. The number of rotatable bonds is 7. The van der Waals surface area contributed by atoms with E-state index >= 15 is 0 Å². The topological polar surface area (TPSA) is 27.7 Å². The summed E-state index contributed by atoms with van der Waals surface area (Å²) < 4.78 is 5.42. The van der Waals surface area contributed by atoms with Crippen molar-refractivity contribution in [2.75, 3.05) is 44.7 Å². The molecule has 0 spiro atoms. The minimum atomic E-state index is 0.680. The normalized spacial score (nSPS) is 15.0. The van der Waals surface area contributed by atoms with Crippen LogP contribution in [-0.4, -0.2) is 54.3 Å². The SMILES string of the molecule is S=C(Nc1ccccc1Cl)N(CCCN1CCOCC1)Cc1cccs1. The molecule has 1 aliphatic heterocycles. The van der Waals surface area contributed by atoms with Gasteiger partial charge in [-0.05, 0) is 42.2 Å². The molecule has 0 aliphatic carbocycles. The zero-order chi connectivity index (χ0) is 18.2. The first-order valence-electron chi connectivity index (χ1n) is 8.85. The van der Waals surface area contributed by atoms with Crippen LogP contribution in [0.5, 0.6) is 0 Å². The minimum absolute atomic E-state index is 0.680. The lowest BCUT2D eigenvalue weighted by Gasteiger charge is -2.29. The molecule has 1 fully saturated rings. The first kappa shape index (κ1) is 19.6. The van der Waals surface area contributed by atoms with Gasteiger partial charge in [-0.3, -0.25) is 4.90 Å². The van der Waals surface area contributed by atoms with E-state index in [1.54, 1.807) is 11.3 Å². The van der Waals surface area contributed by atoms with Gasteiger partial charge < -0.3 is 15.0 Å². The van der Waals surface area contributed by atoms with Crippen LogP contribution < -0.4 is 5.32 Å². The van der Waals surface area contributed by atoms with E-state index in [0.29, 0.717) is 10.1 Å². The first-order valence-corrected chi connectivity index (χ1v) is 10.5. The smallest absolute Gasteiger partial charge is 0.173 e. The Morgan fingerprint density at radius 1 is 1.23 bits per heavy atom. The largest absolute Gasteiger partial charge is 0.379 e. The molecule has 1 aromatic carbocycles. The third-order valence-corrected chi connectivity index (χ3v) is 5.89. The summed E-state index contributed by atoms with van der Waals surface area (Å²) in [5.74, 6) is 0. The van der Waals surface area contributed by atoms with Gasteiger partial charge in [0.1, 0.15) is 0 Å². The Labute approximate surface area is 169 Å². The molecule has 4 nitrogen and oxygen atoms in total. The van der Waals surface area contributed by atoms with E-state index in [1.807, 2.05) is 24.3 Å². The number of hydrogen-bond donors (Lipinski definition) is 1. The number of nitrogens with zero attached hydrogens (tertiary/aromatic N) is 2. The van der Waals surface area contributed by atoms with Crippen molar-refractivity contribution < 1.29 is 4.74 Å². The van der Waals surface area contributed by atoms with Gasteiger partial charge in [-0.15, -0.1) is 11.3 Å². The lowest BCUT2D eigenvalue weighted by atomic mass is 10.3. The molecule has 3 rings (SSSR count). The highest BCUT2D eigenvalue weighted by molar-refractivity contribution is 7.80. The Kier molecular flexibility index (Phi) is 7.70. The molecule has 140 valence electrons. The average Bonchev–Trinajstić information content (AvgIpc) is 3.17. The molecule has 7 heteroatoms. The lowest BCUT2D eigenvalue weighted by molar-refractivity contribution is 0.0368. The zero-order valence-electron chi connectivity index (χ0n) is 14.7. The number of thiocarbonyl (C=S) groups is 1. The Bertz CT molecular complexity index is 690. The fourth-order valence-corrected chi connectivity index (χ4v) is 4.08. The van der Waals surface area contributed by atoms with Crippen LogP contribution in [-0.2, 0) is 11.3 Å². The maximum Gasteiger partial charge on any atom is 0.173 e. The summed E-state index contributed by atoms with van der Waals surface area (Å²) in [7, 11) is 0. The van der Waals surface area contributed by atoms with Crippen molar-refractivity contribution in [3.63, 3.8) is 0 Å². The third-order valence-electron chi connectivity index (χ3n) is 4.34. The second kappa shape index (κ2) is 10.2. The molecule has 1 aromatic heterocycles. The zero-order valence-corrected chi connectivity index (χ0v) is 17.1. The first-order chi connectivity index (χ1) is 12.7. The van der Waals surface area contributed by atoms with Crippen molar-refractivity contribution in [1.82, 2.24) is 9.80 Å². The van der Waals surface area contributed by atoms with E-state index in [4.69, 9.17) is 28.6 Å². The molecule has 0 bridgehead atoms. The van der Waals surface area contributed by atoms with Gasteiger partial charge in [0.25, 0.3) is 0 Å². The molecule has 0 saturated carbocycles. The second-order valence-corrected chi connectivity index (χ2v) is 8.04. The Morgan fingerprint density at radius 3 is 2.77 bits per heavy atom. The van der Waals surface area contributed by atoms with E-state index in [-0.39, 0.29) is 0 Å². The highest BCUT2D eigenvalue weighted by Gasteiger charge is 2.14. The van der Waals surface area contributed by atoms with E-state index in [0.717, 1.165) is 58.0 Å². The molecule has 2 heterocycles. The van der Waals surface area contributed by atoms with Crippen LogP contribution >= 0.6 is 35.2 Å². The van der Waals surface area contributed by atoms with Crippen LogP contribution in [0.1, 0.15) is 11.3 Å². The number of halogens is 1. The molecule has 1 N–H and O–H groups in total. The van der Waals surface area contributed by atoms with E-state index in [1.165, 1.54) is 4.88 Å². The van der Waals surface area contributed by atoms with Gasteiger partial charge in [0.2, 0.25) is 0 Å². The number of nitrogens with one attached hydrogen (secondary N) is 1. The van der Waals surface area contributed by atoms with Crippen molar-refractivity contribution in [3.8, 4) is 0 Å². The van der Waals surface area contributed by atoms with Crippen molar-refractivity contribution >= 4 is 46.0 Å². The van der Waals surface area contributed by atoms with Gasteiger partial charge in [0.15, 0.2) is 5.11 Å². The predicted molar refractivity (Wildman–Crippen MR) is 114 cm³/mol. The standard InChI is InChI=1S/C19H24ClN3OS2/c20-17-6-1-2-7-18(17)21-19(25)23(15-16-5-3-14-26-16)9-4-8-22-10-12-24-13-11-22/h1-3,5-7,14H,4,8-13,15H2,(H,21,25). The molecule has 1 saturated heterocycles. The molecular formula is C19H24ClN3OS2. The van der Waals surface area contributed by atoms with Gasteiger partial charge in [0, 0.05) is 31.1 Å². The Hall–Kier alpha value is -1.18. The summed E-state index contributed by atoms with van der Waals surface area (Å²) >= 11 is 13.7. The van der Waals surface area contributed by atoms with Crippen LogP contribution in [0.15, 0.2) is 41.8 Å². The lowest BCUT2D eigenvalue weighted by Crippen LogP contribution is -2.39. The maximum atomic E-state index is 6.26. The van der Waals surface area contributed by atoms with Gasteiger partial charge >= 0.3 is 0 Å². The highest BCUT2D eigenvalue weighted by Crippen LogP contribution is 2.21. The van der Waals surface area contributed by atoms with Gasteiger partial charge in [-0.1, -0.05) is 29.8 Å². The highest BCUT2D eigenvalue weighted by atomic mass is 35.5. The maximum absolute atomic E-state index is 6.26. The molecular weight excluding hydrogens is 386 g/mol. The van der Waals surface area contributed by atoms with Crippen LogP contribution in [0, 0.1) is 0 Å². The van der Waals surface area contributed by atoms with Crippen molar-refractivity contribution in [2.24, 2.45) is 0 Å². The van der Waals surface area contributed by atoms with Gasteiger partial charge in [0.05, 0.1) is 30.5 Å². The van der Waals surface area contributed by atoms with Gasteiger partial charge in [-0.25, -0.2) is 0 Å². The summed E-state index contributed by atoms with van der Waals surface area (Å²) in [5.41, 5.74) is 0.850. The summed E-state index contributed by atoms with van der Waals surface area (Å²) in [5, 5.41) is 6.81. The van der Waals surface area contributed by atoms with Crippen LogP contribution in [0.4, 0.5) is 5.69 Å². The van der Waals surface area contributed by atoms with Crippen molar-refractivity contribution in [3.05, 3.63) is 51.7 Å². The van der Waals surface area contributed by atoms with Crippen molar-refractivity contribution in [1.29, 1.82) is 0 Å². The minimum Gasteiger partial charge on any atom is -0.379 e. The summed E-state index contributed by atoms with van der Waals surface area (Å²) in [6.45, 7) is 6.51. The average molecular weight is 410 g/mol. The third kappa shape index (κ3) is 5.93. The van der Waals surface area contributed by atoms with E-state index in [9.17, 15) is 0 Å². The van der Waals surface area contributed by atoms with E-state index < -0.39 is 0 Å². The molecule has 0 radical (unpaired) electrons. The van der Waals surface area contributed by atoms with Crippen LogP contribution in [0.2, 0.25) is 5.02 Å².